The van der Waals surface area contributed by atoms with E-state index in [1.807, 2.05) is 13.8 Å². The van der Waals surface area contributed by atoms with Gasteiger partial charge in [-0.2, -0.15) is 0 Å². The van der Waals surface area contributed by atoms with Crippen molar-refractivity contribution in [2.45, 2.75) is 58.7 Å². The molecule has 2 heterocycles. The first kappa shape index (κ1) is 23.6. The fourth-order valence-corrected chi connectivity index (χ4v) is 7.25. The van der Waals surface area contributed by atoms with Gasteiger partial charge in [0.2, 0.25) is 5.78 Å². The number of methoxy groups -OCH3 is 1. The predicted octanol–water partition coefficient (Wildman–Crippen LogP) is 2.98. The molecule has 9 heteroatoms. The molecule has 1 aromatic heterocycles. The van der Waals surface area contributed by atoms with E-state index in [4.69, 9.17) is 14.2 Å². The summed E-state index contributed by atoms with van der Waals surface area (Å²) in [7, 11) is 1.29. The van der Waals surface area contributed by atoms with Crippen molar-refractivity contribution in [2.75, 3.05) is 7.11 Å². The van der Waals surface area contributed by atoms with Gasteiger partial charge in [-0.05, 0) is 41.5 Å². The molecule has 0 spiro atoms. The fraction of sp³-hybridized carbons (Fsp3) is 0.625. The molecule has 1 aliphatic heterocycles. The average molecular weight is 477 g/mol. The van der Waals surface area contributed by atoms with E-state index < -0.39 is 58.7 Å². The van der Waals surface area contributed by atoms with Gasteiger partial charge in [-0.25, -0.2) is 0 Å². The van der Waals surface area contributed by atoms with Crippen LogP contribution in [-0.2, 0) is 33.4 Å². The molecule has 0 radical (unpaired) electrons. The standard InChI is InChI=1S/C24H28O8S/c1-12(25)31-15-10-14(21(28)30-4)23(2)8-7-13-22(29)32-16(18(26)17-6-5-9-33-17)11-24(13,3)20(23)19(15)27/h5-6,9,13-16,20H,7-8,10-11H2,1-4H3/t13-,14-,15-,16-,20-,23-,24-/m0/s1. The lowest BCUT2D eigenvalue weighted by molar-refractivity contribution is -0.206. The van der Waals surface area contributed by atoms with Gasteiger partial charge in [-0.3, -0.25) is 24.0 Å². The lowest BCUT2D eigenvalue weighted by Gasteiger charge is -2.60. The Morgan fingerprint density at radius 2 is 1.91 bits per heavy atom. The van der Waals surface area contributed by atoms with Crippen LogP contribution < -0.4 is 0 Å². The first-order chi connectivity index (χ1) is 15.5. The number of ether oxygens (including phenoxy) is 3. The zero-order chi connectivity index (χ0) is 24.1. The molecule has 0 unspecified atom stereocenters. The first-order valence-corrected chi connectivity index (χ1v) is 12.0. The Morgan fingerprint density at radius 1 is 1.18 bits per heavy atom. The van der Waals surface area contributed by atoms with Crippen molar-refractivity contribution in [3.63, 3.8) is 0 Å². The minimum atomic E-state index is -1.11. The Bertz CT molecular complexity index is 1000. The third-order valence-electron chi connectivity index (χ3n) is 7.95. The lowest BCUT2D eigenvalue weighted by Crippen LogP contribution is -2.65. The minimum absolute atomic E-state index is 0.0425. The van der Waals surface area contributed by atoms with Crippen molar-refractivity contribution in [1.82, 2.24) is 0 Å². The van der Waals surface area contributed by atoms with Crippen molar-refractivity contribution in [3.8, 4) is 0 Å². The van der Waals surface area contributed by atoms with Gasteiger partial charge in [0.25, 0.3) is 0 Å². The minimum Gasteiger partial charge on any atom is -0.469 e. The molecular formula is C24H28O8S. The Kier molecular flexibility index (Phi) is 5.97. The van der Waals surface area contributed by atoms with E-state index in [9.17, 15) is 24.0 Å². The van der Waals surface area contributed by atoms with Crippen LogP contribution in [0.3, 0.4) is 0 Å². The van der Waals surface area contributed by atoms with Gasteiger partial charge < -0.3 is 14.2 Å². The Hall–Kier alpha value is -2.55. The summed E-state index contributed by atoms with van der Waals surface area (Å²) in [5, 5.41) is 1.77. The second-order valence-corrected chi connectivity index (χ2v) is 10.8. The van der Waals surface area contributed by atoms with Crippen LogP contribution in [0.1, 0.15) is 56.1 Å². The highest BCUT2D eigenvalue weighted by molar-refractivity contribution is 7.12. The molecule has 178 valence electrons. The Balaban J connectivity index is 1.77. The van der Waals surface area contributed by atoms with Crippen molar-refractivity contribution in [1.29, 1.82) is 0 Å². The number of hydrogen-bond donors (Lipinski definition) is 0. The van der Waals surface area contributed by atoms with Gasteiger partial charge >= 0.3 is 17.9 Å². The Labute approximate surface area is 196 Å². The van der Waals surface area contributed by atoms with Gasteiger partial charge in [0, 0.05) is 19.3 Å². The number of carbonyl (C=O) groups excluding carboxylic acids is 5. The van der Waals surface area contributed by atoms with Crippen molar-refractivity contribution in [2.24, 2.45) is 28.6 Å². The van der Waals surface area contributed by atoms with Crippen molar-refractivity contribution in [3.05, 3.63) is 22.4 Å². The number of thiophene rings is 1. The zero-order valence-corrected chi connectivity index (χ0v) is 19.9. The summed E-state index contributed by atoms with van der Waals surface area (Å²) in [6.07, 6.45) is -1.05. The smallest absolute Gasteiger partial charge is 0.310 e. The van der Waals surface area contributed by atoms with Gasteiger partial charge in [0.05, 0.1) is 23.8 Å². The third kappa shape index (κ3) is 3.70. The largest absolute Gasteiger partial charge is 0.469 e. The summed E-state index contributed by atoms with van der Waals surface area (Å²) < 4.78 is 16.0. The number of esters is 3. The number of carbonyl (C=O) groups is 5. The topological polar surface area (TPSA) is 113 Å². The van der Waals surface area contributed by atoms with E-state index in [-0.39, 0.29) is 24.4 Å². The van der Waals surface area contributed by atoms with E-state index in [1.165, 1.54) is 25.4 Å². The number of Topliss-reactive ketones (excluding diaryl/α,β-unsaturated/α-hetero) is 2. The van der Waals surface area contributed by atoms with Crippen molar-refractivity contribution < 1.29 is 38.2 Å². The molecule has 8 nitrogen and oxygen atoms in total. The lowest BCUT2D eigenvalue weighted by atomic mass is 9.43. The van der Waals surface area contributed by atoms with Gasteiger partial charge in [0.1, 0.15) is 0 Å². The molecule has 0 amide bonds. The van der Waals surface area contributed by atoms with E-state index in [0.29, 0.717) is 17.7 Å². The quantitative estimate of drug-likeness (QED) is 0.370. The fourth-order valence-electron chi connectivity index (χ4n) is 6.54. The van der Waals surface area contributed by atoms with Crippen LogP contribution in [0.25, 0.3) is 0 Å². The van der Waals surface area contributed by atoms with Crippen LogP contribution in [0.4, 0.5) is 0 Å². The summed E-state index contributed by atoms with van der Waals surface area (Å²) in [5.74, 6) is -4.26. The molecule has 3 aliphatic rings. The third-order valence-corrected chi connectivity index (χ3v) is 8.84. The molecule has 0 aromatic carbocycles. The number of cyclic esters (lactones) is 1. The molecule has 3 fully saturated rings. The highest BCUT2D eigenvalue weighted by Crippen LogP contribution is 2.64. The molecule has 0 bridgehead atoms. The highest BCUT2D eigenvalue weighted by atomic mass is 32.1. The SMILES string of the molecule is COC(=O)[C@@H]1C[C@H](OC(C)=O)C(=O)[C@H]2[C@@]1(C)CC[C@H]1C(=O)O[C@H](C(=O)c3cccs3)C[C@]21C. The van der Waals surface area contributed by atoms with E-state index in [2.05, 4.69) is 0 Å². The average Bonchev–Trinajstić information content (AvgIpc) is 3.28. The molecule has 0 N–H and O–H groups in total. The summed E-state index contributed by atoms with van der Waals surface area (Å²) in [5.41, 5.74) is -1.75. The summed E-state index contributed by atoms with van der Waals surface area (Å²) in [6, 6.07) is 3.43. The monoisotopic (exact) mass is 476 g/mol. The molecular weight excluding hydrogens is 448 g/mol. The second-order valence-electron chi connectivity index (χ2n) is 9.82. The van der Waals surface area contributed by atoms with Crippen LogP contribution in [0.5, 0.6) is 0 Å². The van der Waals surface area contributed by atoms with Gasteiger partial charge in [-0.15, -0.1) is 11.3 Å². The predicted molar refractivity (Wildman–Crippen MR) is 116 cm³/mol. The van der Waals surface area contributed by atoms with Crippen molar-refractivity contribution >= 4 is 40.8 Å². The molecule has 33 heavy (non-hydrogen) atoms. The van der Waals surface area contributed by atoms with E-state index in [0.717, 1.165) is 0 Å². The van der Waals surface area contributed by atoms with E-state index >= 15 is 0 Å². The van der Waals surface area contributed by atoms with Gasteiger partial charge in [0.15, 0.2) is 18.0 Å². The molecule has 4 rings (SSSR count). The van der Waals surface area contributed by atoms with Crippen LogP contribution in [0.2, 0.25) is 0 Å². The van der Waals surface area contributed by atoms with Crippen LogP contribution in [-0.4, -0.2) is 48.8 Å². The number of fused-ring (bicyclic) bond motifs is 3. The number of hydrogen-bond acceptors (Lipinski definition) is 9. The summed E-state index contributed by atoms with van der Waals surface area (Å²) in [6.45, 7) is 4.92. The highest BCUT2D eigenvalue weighted by Gasteiger charge is 2.68. The molecule has 7 atom stereocenters. The summed E-state index contributed by atoms with van der Waals surface area (Å²) in [4.78, 5) is 64.9. The van der Waals surface area contributed by atoms with Crippen LogP contribution >= 0.6 is 11.3 Å². The Morgan fingerprint density at radius 3 is 2.52 bits per heavy atom. The molecule has 2 saturated carbocycles. The molecule has 1 saturated heterocycles. The van der Waals surface area contributed by atoms with Crippen LogP contribution in [0.15, 0.2) is 17.5 Å². The maximum Gasteiger partial charge on any atom is 0.310 e. The first-order valence-electron chi connectivity index (χ1n) is 11.1. The summed E-state index contributed by atoms with van der Waals surface area (Å²) >= 11 is 1.26. The second kappa shape index (κ2) is 8.34. The maximum absolute atomic E-state index is 13.8. The maximum atomic E-state index is 13.8. The number of ketones is 2. The number of rotatable bonds is 4. The normalized spacial score (nSPS) is 37.9. The molecule has 2 aliphatic carbocycles. The van der Waals surface area contributed by atoms with Crippen LogP contribution in [0, 0.1) is 28.6 Å². The zero-order valence-electron chi connectivity index (χ0n) is 19.1. The molecule has 1 aromatic rings. The van der Waals surface area contributed by atoms with Gasteiger partial charge in [-0.1, -0.05) is 19.9 Å². The van der Waals surface area contributed by atoms with E-state index in [1.54, 1.807) is 17.5 Å².